The van der Waals surface area contributed by atoms with Gasteiger partial charge in [0.1, 0.15) is 5.82 Å². The van der Waals surface area contributed by atoms with Crippen molar-refractivity contribution >= 4 is 34.6 Å². The van der Waals surface area contributed by atoms with Gasteiger partial charge in [0, 0.05) is 24.9 Å². The van der Waals surface area contributed by atoms with Crippen molar-refractivity contribution in [1.29, 1.82) is 0 Å². The molecule has 0 unspecified atom stereocenters. The molecule has 1 spiro atoms. The zero-order chi connectivity index (χ0) is 21.0. The van der Waals surface area contributed by atoms with E-state index in [4.69, 9.17) is 4.98 Å². The third-order valence-corrected chi connectivity index (χ3v) is 6.78. The Morgan fingerprint density at radius 1 is 1.20 bits per heavy atom. The number of aryl methyl sites for hydroxylation is 1. The van der Waals surface area contributed by atoms with E-state index in [1.165, 1.54) is 4.90 Å². The Balaban J connectivity index is 1.70. The Hall–Kier alpha value is -2.96. The predicted molar refractivity (Wildman–Crippen MR) is 113 cm³/mol. The third kappa shape index (κ3) is 2.57. The van der Waals surface area contributed by atoms with E-state index in [-0.39, 0.29) is 18.4 Å². The van der Waals surface area contributed by atoms with Gasteiger partial charge in [-0.2, -0.15) is 0 Å². The smallest absolute Gasteiger partial charge is 0.330 e. The van der Waals surface area contributed by atoms with E-state index in [1.807, 2.05) is 26.0 Å². The van der Waals surface area contributed by atoms with E-state index >= 15 is 0 Å². The van der Waals surface area contributed by atoms with Crippen molar-refractivity contribution in [2.45, 2.75) is 52.0 Å². The highest BCUT2D eigenvalue weighted by molar-refractivity contribution is 6.20. The van der Waals surface area contributed by atoms with E-state index < -0.39 is 17.4 Å². The standard InChI is InChI=1S/C23H26N4O3/c1-3-9-27-21(29)23(20(28)25-22(27)30)13-16-12-15-11-14(2)7-8-17(15)24-19(16)26-10-5-4-6-18(23)26/h7-8,11-12,18H,3-6,9-10,13H2,1-2H3,(H,25,28,30)/t18-,23+/m0/s1. The number of fused-ring (bicyclic) bond motifs is 5. The highest BCUT2D eigenvalue weighted by Gasteiger charge is 2.62. The molecule has 1 N–H and O–H groups in total. The number of urea groups is 1. The van der Waals surface area contributed by atoms with Crippen LogP contribution in [0.25, 0.3) is 10.9 Å². The van der Waals surface area contributed by atoms with Gasteiger partial charge < -0.3 is 4.90 Å². The molecule has 0 aliphatic carbocycles. The zero-order valence-corrected chi connectivity index (χ0v) is 17.4. The summed E-state index contributed by atoms with van der Waals surface area (Å²) in [6.45, 7) is 5.03. The maximum atomic E-state index is 13.7. The Labute approximate surface area is 175 Å². The van der Waals surface area contributed by atoms with Crippen molar-refractivity contribution in [3.8, 4) is 0 Å². The van der Waals surface area contributed by atoms with Crippen LogP contribution in [0.3, 0.4) is 0 Å². The number of nitrogens with one attached hydrogen (secondary N) is 1. The van der Waals surface area contributed by atoms with Gasteiger partial charge in [-0.25, -0.2) is 9.78 Å². The van der Waals surface area contributed by atoms with Crippen LogP contribution in [0.1, 0.15) is 43.7 Å². The molecule has 156 valence electrons. The van der Waals surface area contributed by atoms with E-state index in [2.05, 4.69) is 22.3 Å². The van der Waals surface area contributed by atoms with Crippen LogP contribution < -0.4 is 10.2 Å². The Kier molecular flexibility index (Phi) is 4.31. The average molecular weight is 406 g/mol. The molecule has 0 radical (unpaired) electrons. The van der Waals surface area contributed by atoms with Crippen LogP contribution in [0.5, 0.6) is 0 Å². The molecular weight excluding hydrogens is 380 g/mol. The van der Waals surface area contributed by atoms with Crippen molar-refractivity contribution in [1.82, 2.24) is 15.2 Å². The van der Waals surface area contributed by atoms with Gasteiger partial charge in [0.2, 0.25) is 11.8 Å². The third-order valence-electron chi connectivity index (χ3n) is 6.78. The highest BCUT2D eigenvalue weighted by Crippen LogP contribution is 2.47. The number of carbonyl (C=O) groups is 3. The molecule has 5 rings (SSSR count). The van der Waals surface area contributed by atoms with Crippen molar-refractivity contribution in [3.05, 3.63) is 35.4 Å². The number of carbonyl (C=O) groups excluding carboxylic acids is 3. The number of pyridine rings is 1. The van der Waals surface area contributed by atoms with Gasteiger partial charge in [-0.05, 0) is 56.4 Å². The van der Waals surface area contributed by atoms with Crippen LogP contribution in [-0.4, -0.2) is 46.9 Å². The fraction of sp³-hybridized carbons (Fsp3) is 0.478. The number of benzene rings is 1. The van der Waals surface area contributed by atoms with Crippen LogP contribution in [0.2, 0.25) is 0 Å². The van der Waals surface area contributed by atoms with Gasteiger partial charge in [-0.1, -0.05) is 18.6 Å². The average Bonchev–Trinajstić information content (AvgIpc) is 2.74. The number of barbiturate groups is 1. The SMILES string of the molecule is CCCN1C(=O)NC(=O)[C@]2(Cc3cc4cc(C)ccc4nc3N3CCCC[C@H]32)C1=O. The molecule has 0 bridgehead atoms. The number of aromatic nitrogens is 1. The summed E-state index contributed by atoms with van der Waals surface area (Å²) in [6, 6.07) is 7.33. The number of hydrogen-bond acceptors (Lipinski definition) is 5. The number of rotatable bonds is 2. The molecule has 30 heavy (non-hydrogen) atoms. The summed E-state index contributed by atoms with van der Waals surface area (Å²) in [5.74, 6) is 0.0583. The molecule has 7 heteroatoms. The summed E-state index contributed by atoms with van der Waals surface area (Å²) >= 11 is 0. The normalized spacial score (nSPS) is 26.1. The van der Waals surface area contributed by atoms with E-state index in [1.54, 1.807) is 0 Å². The summed E-state index contributed by atoms with van der Waals surface area (Å²) < 4.78 is 0. The summed E-state index contributed by atoms with van der Waals surface area (Å²) in [6.07, 6.45) is 3.61. The summed E-state index contributed by atoms with van der Waals surface area (Å²) in [7, 11) is 0. The first-order valence-electron chi connectivity index (χ1n) is 10.8. The van der Waals surface area contributed by atoms with Crippen molar-refractivity contribution in [2.24, 2.45) is 5.41 Å². The Morgan fingerprint density at radius 3 is 2.83 bits per heavy atom. The van der Waals surface area contributed by atoms with E-state index in [9.17, 15) is 14.4 Å². The second kappa shape index (κ2) is 6.79. The second-order valence-corrected chi connectivity index (χ2v) is 8.74. The second-order valence-electron chi connectivity index (χ2n) is 8.74. The molecule has 4 amide bonds. The molecule has 2 aromatic rings. The number of amides is 4. The fourth-order valence-corrected chi connectivity index (χ4v) is 5.41. The maximum absolute atomic E-state index is 13.7. The quantitative estimate of drug-likeness (QED) is 0.776. The lowest BCUT2D eigenvalue weighted by Crippen LogP contribution is -2.72. The van der Waals surface area contributed by atoms with E-state index in [0.717, 1.165) is 53.7 Å². The number of hydrogen-bond donors (Lipinski definition) is 1. The molecule has 1 aromatic carbocycles. The first-order chi connectivity index (χ1) is 14.5. The molecule has 2 saturated heterocycles. The van der Waals surface area contributed by atoms with Crippen molar-refractivity contribution < 1.29 is 14.4 Å². The molecule has 3 aliphatic rings. The van der Waals surface area contributed by atoms with E-state index in [0.29, 0.717) is 13.0 Å². The maximum Gasteiger partial charge on any atom is 0.330 e. The van der Waals surface area contributed by atoms with Gasteiger partial charge >= 0.3 is 6.03 Å². The van der Waals surface area contributed by atoms with Gasteiger partial charge in [-0.3, -0.25) is 19.8 Å². The Morgan fingerprint density at radius 2 is 2.03 bits per heavy atom. The minimum absolute atomic E-state index is 0.276. The predicted octanol–water partition coefficient (Wildman–Crippen LogP) is 2.93. The topological polar surface area (TPSA) is 82.6 Å². The van der Waals surface area contributed by atoms with Gasteiger partial charge in [0.15, 0.2) is 5.41 Å². The van der Waals surface area contributed by atoms with Crippen LogP contribution in [0.4, 0.5) is 10.6 Å². The summed E-state index contributed by atoms with van der Waals surface area (Å²) in [5.41, 5.74) is 1.68. The molecule has 3 aliphatic heterocycles. The first-order valence-corrected chi connectivity index (χ1v) is 10.8. The number of imide groups is 2. The van der Waals surface area contributed by atoms with Crippen molar-refractivity contribution in [3.63, 3.8) is 0 Å². The molecule has 4 heterocycles. The number of piperidine rings is 1. The molecule has 2 fully saturated rings. The largest absolute Gasteiger partial charge is 0.352 e. The summed E-state index contributed by atoms with van der Waals surface area (Å²) in [5, 5.41) is 3.50. The molecule has 2 atom stereocenters. The van der Waals surface area contributed by atoms with Crippen LogP contribution in [0.15, 0.2) is 24.3 Å². The first kappa shape index (κ1) is 19.0. The van der Waals surface area contributed by atoms with Crippen LogP contribution in [-0.2, 0) is 16.0 Å². The fourth-order valence-electron chi connectivity index (χ4n) is 5.41. The Bertz CT molecular complexity index is 1080. The zero-order valence-electron chi connectivity index (χ0n) is 17.4. The van der Waals surface area contributed by atoms with Gasteiger partial charge in [0.05, 0.1) is 11.6 Å². The monoisotopic (exact) mass is 406 g/mol. The van der Waals surface area contributed by atoms with Gasteiger partial charge in [0.25, 0.3) is 0 Å². The van der Waals surface area contributed by atoms with Crippen molar-refractivity contribution in [2.75, 3.05) is 18.0 Å². The lowest BCUT2D eigenvalue weighted by atomic mass is 9.66. The lowest BCUT2D eigenvalue weighted by Gasteiger charge is -2.53. The molecular formula is C23H26N4O3. The minimum Gasteiger partial charge on any atom is -0.352 e. The van der Waals surface area contributed by atoms with Gasteiger partial charge in [-0.15, -0.1) is 0 Å². The molecule has 0 saturated carbocycles. The van der Waals surface area contributed by atoms with Crippen LogP contribution in [0, 0.1) is 12.3 Å². The minimum atomic E-state index is -1.28. The summed E-state index contributed by atoms with van der Waals surface area (Å²) in [4.78, 5) is 47.7. The molecule has 1 aromatic heterocycles. The number of anilines is 1. The molecule has 7 nitrogen and oxygen atoms in total. The lowest BCUT2D eigenvalue weighted by molar-refractivity contribution is -0.154. The highest BCUT2D eigenvalue weighted by atomic mass is 16.2. The number of nitrogens with zero attached hydrogens (tertiary/aromatic N) is 3. The van der Waals surface area contributed by atoms with Crippen LogP contribution >= 0.6 is 0 Å².